The highest BCUT2D eigenvalue weighted by Gasteiger charge is 2.37. The summed E-state index contributed by atoms with van der Waals surface area (Å²) in [6, 6.07) is 29.9. The third kappa shape index (κ3) is 3.69. The molecule has 0 aliphatic carbocycles. The van der Waals surface area contributed by atoms with Gasteiger partial charge in [0.05, 0.1) is 23.5 Å². The summed E-state index contributed by atoms with van der Waals surface area (Å²) in [7, 11) is 0. The molecule has 3 aromatic carbocycles. The summed E-state index contributed by atoms with van der Waals surface area (Å²) in [5.41, 5.74) is 8.04. The molecule has 0 saturated carbocycles. The van der Waals surface area contributed by atoms with Crippen LogP contribution in [0.2, 0.25) is 0 Å². The highest BCUT2D eigenvalue weighted by atomic mass is 16.3. The van der Waals surface area contributed by atoms with E-state index in [1.54, 1.807) is 17.1 Å². The number of para-hydroxylation sites is 1. The first-order valence-electron chi connectivity index (χ1n) is 12.1. The smallest absolute Gasteiger partial charge is 0.310 e. The number of aryl methyl sites for hydroxylation is 2. The molecule has 0 radical (unpaired) electrons. The van der Waals surface area contributed by atoms with E-state index < -0.39 is 0 Å². The van der Waals surface area contributed by atoms with Crippen molar-refractivity contribution in [1.82, 2.24) is 9.99 Å². The third-order valence-electron chi connectivity index (χ3n) is 6.82. The highest BCUT2D eigenvalue weighted by molar-refractivity contribution is 6.14. The van der Waals surface area contributed by atoms with Crippen molar-refractivity contribution in [2.45, 2.75) is 26.3 Å². The number of carbonyl (C=O) groups is 1. The summed E-state index contributed by atoms with van der Waals surface area (Å²) >= 11 is 0. The largest absolute Gasteiger partial charge is 0.459 e. The maximum absolute atomic E-state index is 13.5. The number of benzene rings is 3. The first-order chi connectivity index (χ1) is 17.6. The standard InChI is InChI=1S/C31H25N3O2/c1-20-11-6-7-14-23(20)27-19-26(33-34(27)31(35)28-17-10-18-36-28)29-21(2)32-25-16-9-8-15-24(25)30(29)22-12-4-3-5-13-22/h3-18,27H,19H2,1-2H3/t27-/m1/s1. The molecule has 3 heterocycles. The van der Waals surface area contributed by atoms with Crippen LogP contribution in [0.15, 0.2) is 107 Å². The fourth-order valence-electron chi connectivity index (χ4n) is 5.16. The van der Waals surface area contributed by atoms with E-state index in [4.69, 9.17) is 14.5 Å². The van der Waals surface area contributed by atoms with Gasteiger partial charge in [-0.05, 0) is 48.7 Å². The molecule has 176 valence electrons. The fourth-order valence-corrected chi connectivity index (χ4v) is 5.16. The lowest BCUT2D eigenvalue weighted by atomic mass is 9.88. The molecular formula is C31H25N3O2. The van der Waals surface area contributed by atoms with E-state index in [2.05, 4.69) is 37.3 Å². The van der Waals surface area contributed by atoms with Gasteiger partial charge in [-0.2, -0.15) is 5.10 Å². The van der Waals surface area contributed by atoms with Gasteiger partial charge in [0.25, 0.3) is 0 Å². The lowest BCUT2D eigenvalue weighted by Crippen LogP contribution is -2.27. The molecule has 0 saturated heterocycles. The maximum atomic E-state index is 13.5. The average Bonchev–Trinajstić information content (AvgIpc) is 3.59. The van der Waals surface area contributed by atoms with Gasteiger partial charge in [0.1, 0.15) is 0 Å². The molecule has 1 aliphatic rings. The van der Waals surface area contributed by atoms with Crippen LogP contribution in [0, 0.1) is 13.8 Å². The normalized spacial score (nSPS) is 15.3. The molecule has 36 heavy (non-hydrogen) atoms. The molecule has 0 N–H and O–H groups in total. The van der Waals surface area contributed by atoms with Gasteiger partial charge in [0.2, 0.25) is 0 Å². The second kappa shape index (κ2) is 8.93. The van der Waals surface area contributed by atoms with E-state index in [1.165, 1.54) is 6.26 Å². The van der Waals surface area contributed by atoms with Crippen LogP contribution in [0.1, 0.15) is 45.4 Å². The topological polar surface area (TPSA) is 58.7 Å². The first-order valence-corrected chi connectivity index (χ1v) is 12.1. The number of fused-ring (bicyclic) bond motifs is 1. The molecule has 6 rings (SSSR count). The minimum absolute atomic E-state index is 0.242. The van der Waals surface area contributed by atoms with Crippen LogP contribution in [0.4, 0.5) is 0 Å². The van der Waals surface area contributed by atoms with Crippen LogP contribution in [-0.4, -0.2) is 21.6 Å². The Labute approximate surface area is 209 Å². The van der Waals surface area contributed by atoms with Crippen LogP contribution in [0.5, 0.6) is 0 Å². The Kier molecular flexibility index (Phi) is 5.45. The molecule has 0 fully saturated rings. The zero-order valence-electron chi connectivity index (χ0n) is 20.2. The van der Waals surface area contributed by atoms with E-state index in [1.807, 2.05) is 55.5 Å². The van der Waals surface area contributed by atoms with Crippen molar-refractivity contribution < 1.29 is 9.21 Å². The van der Waals surface area contributed by atoms with Gasteiger partial charge in [0.15, 0.2) is 5.76 Å². The monoisotopic (exact) mass is 471 g/mol. The number of aromatic nitrogens is 1. The number of hydrogen-bond acceptors (Lipinski definition) is 4. The van der Waals surface area contributed by atoms with E-state index in [0.29, 0.717) is 6.42 Å². The second-order valence-corrected chi connectivity index (χ2v) is 9.08. The molecule has 1 atom stereocenters. The Morgan fingerprint density at radius 3 is 2.39 bits per heavy atom. The van der Waals surface area contributed by atoms with Crippen LogP contribution < -0.4 is 0 Å². The summed E-state index contributed by atoms with van der Waals surface area (Å²) in [6.07, 6.45) is 2.10. The molecule has 5 nitrogen and oxygen atoms in total. The van der Waals surface area contributed by atoms with Gasteiger partial charge in [-0.3, -0.25) is 9.78 Å². The molecule has 0 bridgehead atoms. The number of carbonyl (C=O) groups excluding carboxylic acids is 1. The lowest BCUT2D eigenvalue weighted by Gasteiger charge is -2.22. The molecule has 1 amide bonds. The zero-order chi connectivity index (χ0) is 24.6. The molecular weight excluding hydrogens is 446 g/mol. The number of pyridine rings is 1. The average molecular weight is 472 g/mol. The molecule has 5 aromatic rings. The summed E-state index contributed by atoms with van der Waals surface area (Å²) in [5, 5.41) is 7.62. The van der Waals surface area contributed by atoms with Crippen LogP contribution in [-0.2, 0) is 0 Å². The molecule has 2 aromatic heterocycles. The summed E-state index contributed by atoms with van der Waals surface area (Å²) < 4.78 is 5.46. The van der Waals surface area contributed by atoms with Crippen LogP contribution in [0.3, 0.4) is 0 Å². The van der Waals surface area contributed by atoms with Gasteiger partial charge < -0.3 is 4.42 Å². The van der Waals surface area contributed by atoms with Crippen molar-refractivity contribution in [3.8, 4) is 11.1 Å². The Morgan fingerprint density at radius 2 is 1.61 bits per heavy atom. The zero-order valence-corrected chi connectivity index (χ0v) is 20.2. The van der Waals surface area contributed by atoms with E-state index in [0.717, 1.165) is 50.1 Å². The van der Waals surface area contributed by atoms with Gasteiger partial charge in [-0.15, -0.1) is 0 Å². The molecule has 1 aliphatic heterocycles. The van der Waals surface area contributed by atoms with Crippen LogP contribution >= 0.6 is 0 Å². The highest BCUT2D eigenvalue weighted by Crippen LogP contribution is 2.40. The van der Waals surface area contributed by atoms with Gasteiger partial charge in [-0.25, -0.2) is 5.01 Å². The van der Waals surface area contributed by atoms with Crippen molar-refractivity contribution in [2.75, 3.05) is 0 Å². The Bertz CT molecular complexity index is 1600. The van der Waals surface area contributed by atoms with Crippen molar-refractivity contribution in [2.24, 2.45) is 5.10 Å². The van der Waals surface area contributed by atoms with Gasteiger partial charge >= 0.3 is 5.91 Å². The minimum Gasteiger partial charge on any atom is -0.459 e. The van der Waals surface area contributed by atoms with E-state index in [9.17, 15) is 4.79 Å². The molecule has 0 spiro atoms. The second-order valence-electron chi connectivity index (χ2n) is 9.08. The SMILES string of the molecule is Cc1ccccc1[C@H]1CC(c2c(C)nc3ccccc3c2-c2ccccc2)=NN1C(=O)c1ccco1. The minimum atomic E-state index is -0.254. The predicted octanol–water partition coefficient (Wildman–Crippen LogP) is 7.10. The Balaban J connectivity index is 1.57. The Morgan fingerprint density at radius 1 is 0.861 bits per heavy atom. The number of amides is 1. The van der Waals surface area contributed by atoms with Crippen molar-refractivity contribution >= 4 is 22.5 Å². The number of rotatable bonds is 4. The van der Waals surface area contributed by atoms with E-state index >= 15 is 0 Å². The van der Waals surface area contributed by atoms with Crippen molar-refractivity contribution in [3.63, 3.8) is 0 Å². The van der Waals surface area contributed by atoms with Crippen LogP contribution in [0.25, 0.3) is 22.0 Å². The quantitative estimate of drug-likeness (QED) is 0.281. The molecule has 0 unspecified atom stereocenters. The van der Waals surface area contributed by atoms with Gasteiger partial charge in [-0.1, -0.05) is 72.8 Å². The maximum Gasteiger partial charge on any atom is 0.310 e. The third-order valence-corrected chi connectivity index (χ3v) is 6.82. The number of furan rings is 1. The Hall–Kier alpha value is -4.51. The summed E-state index contributed by atoms with van der Waals surface area (Å²) in [5.74, 6) is 0.0196. The van der Waals surface area contributed by atoms with Crippen molar-refractivity contribution in [1.29, 1.82) is 0 Å². The summed E-state index contributed by atoms with van der Waals surface area (Å²) in [6.45, 7) is 4.09. The number of hydrogen-bond donors (Lipinski definition) is 0. The van der Waals surface area contributed by atoms with E-state index in [-0.39, 0.29) is 17.7 Å². The summed E-state index contributed by atoms with van der Waals surface area (Å²) in [4.78, 5) is 18.5. The number of hydrazone groups is 1. The van der Waals surface area contributed by atoms with Crippen molar-refractivity contribution in [3.05, 3.63) is 125 Å². The molecule has 5 heteroatoms. The predicted molar refractivity (Wildman–Crippen MR) is 142 cm³/mol. The van der Waals surface area contributed by atoms with Gasteiger partial charge in [0, 0.05) is 28.6 Å². The number of nitrogens with zero attached hydrogens (tertiary/aromatic N) is 3. The lowest BCUT2D eigenvalue weighted by molar-refractivity contribution is 0.0678. The first kappa shape index (κ1) is 22.0. The fraction of sp³-hybridized carbons (Fsp3) is 0.129.